The highest BCUT2D eigenvalue weighted by Crippen LogP contribution is 2.44. The number of carbonyl (C=O) groups excluding carboxylic acids is 1. The van der Waals surface area contributed by atoms with Crippen LogP contribution in [0.3, 0.4) is 0 Å². The smallest absolute Gasteiger partial charge is 0.315 e. The van der Waals surface area contributed by atoms with Crippen LogP contribution in [0, 0.1) is 11.8 Å². The summed E-state index contributed by atoms with van der Waals surface area (Å²) in [4.78, 5) is 11.8. The highest BCUT2D eigenvalue weighted by molar-refractivity contribution is 5.74. The summed E-state index contributed by atoms with van der Waals surface area (Å²) >= 11 is 0. The number of nitrogens with one attached hydrogen (secondary N) is 2. The normalized spacial score (nSPS) is 26.5. The first-order valence-electron chi connectivity index (χ1n) is 6.93. The minimum Gasteiger partial charge on any atom is -0.388 e. The molecule has 0 radical (unpaired) electrons. The van der Waals surface area contributed by atoms with Gasteiger partial charge in [0, 0.05) is 12.6 Å². The number of hydrogen-bond donors (Lipinski definition) is 3. The molecule has 3 fully saturated rings. The van der Waals surface area contributed by atoms with Crippen LogP contribution < -0.4 is 10.6 Å². The molecule has 3 N–H and O–H groups in total. The van der Waals surface area contributed by atoms with Crippen LogP contribution >= 0.6 is 0 Å². The van der Waals surface area contributed by atoms with Crippen LogP contribution in [0.15, 0.2) is 0 Å². The average Bonchev–Trinajstić information content (AvgIpc) is 3.13. The van der Waals surface area contributed by atoms with E-state index in [0.29, 0.717) is 12.6 Å². The molecule has 0 saturated heterocycles. The van der Waals surface area contributed by atoms with Gasteiger partial charge in [0.05, 0.1) is 5.60 Å². The van der Waals surface area contributed by atoms with Crippen LogP contribution in [0.5, 0.6) is 0 Å². The third-order valence-electron chi connectivity index (χ3n) is 4.42. The zero-order chi connectivity index (χ0) is 11.9. The summed E-state index contributed by atoms with van der Waals surface area (Å²) in [6, 6.07) is 0.306. The zero-order valence-electron chi connectivity index (χ0n) is 10.2. The minimum absolute atomic E-state index is 0.0888. The van der Waals surface area contributed by atoms with E-state index in [0.717, 1.165) is 31.1 Å². The number of aliphatic hydroxyl groups is 1. The van der Waals surface area contributed by atoms with Crippen molar-refractivity contribution in [3.05, 3.63) is 0 Å². The van der Waals surface area contributed by atoms with Gasteiger partial charge in [-0.1, -0.05) is 0 Å². The molecular weight excluding hydrogens is 216 g/mol. The van der Waals surface area contributed by atoms with Crippen molar-refractivity contribution in [1.29, 1.82) is 0 Å². The fraction of sp³-hybridized carbons (Fsp3) is 0.923. The van der Waals surface area contributed by atoms with Gasteiger partial charge < -0.3 is 15.7 Å². The van der Waals surface area contributed by atoms with Crippen LogP contribution in [-0.2, 0) is 0 Å². The van der Waals surface area contributed by atoms with E-state index in [4.69, 9.17) is 0 Å². The van der Waals surface area contributed by atoms with Gasteiger partial charge >= 0.3 is 6.03 Å². The van der Waals surface area contributed by atoms with E-state index >= 15 is 0 Å². The van der Waals surface area contributed by atoms with E-state index in [1.54, 1.807) is 0 Å². The van der Waals surface area contributed by atoms with Gasteiger partial charge in [0.2, 0.25) is 0 Å². The average molecular weight is 238 g/mol. The lowest BCUT2D eigenvalue weighted by Gasteiger charge is -2.36. The number of rotatable bonds is 5. The molecule has 0 unspecified atom stereocenters. The van der Waals surface area contributed by atoms with Gasteiger partial charge in [0.15, 0.2) is 0 Å². The molecule has 2 amide bonds. The molecule has 3 aliphatic rings. The predicted octanol–water partition coefficient (Wildman–Crippen LogP) is 1.39. The Bertz CT molecular complexity index is 295. The Labute approximate surface area is 102 Å². The van der Waals surface area contributed by atoms with Crippen molar-refractivity contribution in [2.24, 2.45) is 11.8 Å². The van der Waals surface area contributed by atoms with Crippen molar-refractivity contribution in [3.8, 4) is 0 Å². The van der Waals surface area contributed by atoms with Gasteiger partial charge in [-0.3, -0.25) is 0 Å². The standard InChI is InChI=1S/C13H22N2O2/c16-12(14-8-13(17)6-1-7-13)15-11(9-2-3-9)10-4-5-10/h9-11,17H,1-8H2,(H2,14,15,16). The first-order valence-corrected chi connectivity index (χ1v) is 6.93. The van der Waals surface area contributed by atoms with E-state index < -0.39 is 5.60 Å². The van der Waals surface area contributed by atoms with Gasteiger partial charge in [-0.05, 0) is 56.8 Å². The van der Waals surface area contributed by atoms with E-state index in [9.17, 15) is 9.90 Å². The lowest BCUT2D eigenvalue weighted by atomic mass is 9.80. The second kappa shape index (κ2) is 4.16. The molecule has 3 aliphatic carbocycles. The molecule has 4 heteroatoms. The fourth-order valence-electron chi connectivity index (χ4n) is 2.74. The van der Waals surface area contributed by atoms with E-state index in [-0.39, 0.29) is 6.03 Å². The van der Waals surface area contributed by atoms with Crippen molar-refractivity contribution >= 4 is 6.03 Å². The predicted molar refractivity (Wildman–Crippen MR) is 64.6 cm³/mol. The molecule has 0 aliphatic heterocycles. The molecule has 17 heavy (non-hydrogen) atoms. The monoisotopic (exact) mass is 238 g/mol. The second-order valence-electron chi connectivity index (χ2n) is 6.11. The lowest BCUT2D eigenvalue weighted by molar-refractivity contribution is -0.0290. The molecule has 0 heterocycles. The van der Waals surface area contributed by atoms with Gasteiger partial charge in [0.25, 0.3) is 0 Å². The maximum atomic E-state index is 11.8. The Morgan fingerprint density at radius 2 is 1.82 bits per heavy atom. The lowest BCUT2D eigenvalue weighted by Crippen LogP contribution is -2.52. The first kappa shape index (κ1) is 11.3. The fourth-order valence-corrected chi connectivity index (χ4v) is 2.74. The van der Waals surface area contributed by atoms with Gasteiger partial charge in [-0.25, -0.2) is 4.79 Å². The number of carbonyl (C=O) groups is 1. The number of urea groups is 1. The van der Waals surface area contributed by atoms with Crippen LogP contribution in [0.2, 0.25) is 0 Å². The molecule has 0 aromatic rings. The summed E-state index contributed by atoms with van der Waals surface area (Å²) in [7, 11) is 0. The Kier molecular flexibility index (Phi) is 2.77. The molecule has 0 bridgehead atoms. The molecular formula is C13H22N2O2. The number of amides is 2. The highest BCUT2D eigenvalue weighted by Gasteiger charge is 2.42. The molecule has 0 atom stereocenters. The van der Waals surface area contributed by atoms with Crippen molar-refractivity contribution in [1.82, 2.24) is 10.6 Å². The van der Waals surface area contributed by atoms with Crippen LogP contribution in [-0.4, -0.2) is 29.3 Å². The van der Waals surface area contributed by atoms with Gasteiger partial charge in [-0.2, -0.15) is 0 Å². The van der Waals surface area contributed by atoms with Gasteiger partial charge in [-0.15, -0.1) is 0 Å². The summed E-state index contributed by atoms with van der Waals surface area (Å²) in [5.74, 6) is 1.44. The first-order chi connectivity index (χ1) is 8.16. The molecule has 3 saturated carbocycles. The molecule has 0 aromatic heterocycles. The summed E-state index contributed by atoms with van der Waals surface area (Å²) in [5, 5.41) is 15.8. The maximum Gasteiger partial charge on any atom is 0.315 e. The third kappa shape index (κ3) is 2.73. The quantitative estimate of drug-likeness (QED) is 0.678. The topological polar surface area (TPSA) is 61.4 Å². The molecule has 4 nitrogen and oxygen atoms in total. The maximum absolute atomic E-state index is 11.8. The molecule has 0 spiro atoms. The second-order valence-corrected chi connectivity index (χ2v) is 6.11. The SMILES string of the molecule is O=C(NCC1(O)CCC1)NC(C1CC1)C1CC1. The van der Waals surface area contributed by atoms with Crippen LogP contribution in [0.1, 0.15) is 44.9 Å². The summed E-state index contributed by atoms with van der Waals surface area (Å²) < 4.78 is 0. The van der Waals surface area contributed by atoms with Crippen molar-refractivity contribution in [2.75, 3.05) is 6.54 Å². The third-order valence-corrected chi connectivity index (χ3v) is 4.42. The van der Waals surface area contributed by atoms with Crippen molar-refractivity contribution in [3.63, 3.8) is 0 Å². The van der Waals surface area contributed by atoms with Crippen LogP contribution in [0.25, 0.3) is 0 Å². The minimum atomic E-state index is -0.619. The Balaban J connectivity index is 1.42. The van der Waals surface area contributed by atoms with E-state index in [2.05, 4.69) is 10.6 Å². The molecule has 96 valence electrons. The Morgan fingerprint density at radius 1 is 1.24 bits per heavy atom. The largest absolute Gasteiger partial charge is 0.388 e. The molecule has 0 aromatic carbocycles. The summed E-state index contributed by atoms with van der Waals surface area (Å²) in [6.07, 6.45) is 7.80. The van der Waals surface area contributed by atoms with Crippen molar-refractivity contribution < 1.29 is 9.90 Å². The number of hydrogen-bond acceptors (Lipinski definition) is 2. The van der Waals surface area contributed by atoms with E-state index in [1.807, 2.05) is 0 Å². The van der Waals surface area contributed by atoms with Crippen molar-refractivity contribution in [2.45, 2.75) is 56.6 Å². The molecule has 3 rings (SSSR count). The van der Waals surface area contributed by atoms with Crippen LogP contribution in [0.4, 0.5) is 4.79 Å². The highest BCUT2D eigenvalue weighted by atomic mass is 16.3. The zero-order valence-corrected chi connectivity index (χ0v) is 10.2. The Hall–Kier alpha value is -0.770. The van der Waals surface area contributed by atoms with Gasteiger partial charge in [0.1, 0.15) is 0 Å². The summed E-state index contributed by atoms with van der Waals surface area (Å²) in [5.41, 5.74) is -0.619. The van der Waals surface area contributed by atoms with E-state index in [1.165, 1.54) is 25.7 Å². The summed E-state index contributed by atoms with van der Waals surface area (Å²) in [6.45, 7) is 0.404. The Morgan fingerprint density at radius 3 is 2.24 bits per heavy atom.